The van der Waals surface area contributed by atoms with Crippen LogP contribution in [0.3, 0.4) is 0 Å². The van der Waals surface area contributed by atoms with E-state index in [-0.39, 0.29) is 0 Å². The molecular formula is C18H28N2. The van der Waals surface area contributed by atoms with Gasteiger partial charge in [-0.15, -0.1) is 0 Å². The van der Waals surface area contributed by atoms with Crippen LogP contribution in [0.25, 0.3) is 0 Å². The monoisotopic (exact) mass is 272 g/mol. The SMILES string of the molecule is CCN(C1CCCC1)C(CN)c1cccc(C2CC2)c1. The van der Waals surface area contributed by atoms with Gasteiger partial charge in [0.2, 0.25) is 0 Å². The largest absolute Gasteiger partial charge is 0.329 e. The van der Waals surface area contributed by atoms with E-state index in [4.69, 9.17) is 5.73 Å². The molecule has 0 aliphatic heterocycles. The molecule has 2 saturated carbocycles. The van der Waals surface area contributed by atoms with Gasteiger partial charge in [-0.25, -0.2) is 0 Å². The Balaban J connectivity index is 1.81. The Morgan fingerprint density at radius 3 is 2.55 bits per heavy atom. The zero-order chi connectivity index (χ0) is 13.9. The number of hydrogen-bond donors (Lipinski definition) is 1. The Hall–Kier alpha value is -0.860. The molecule has 1 atom stereocenters. The van der Waals surface area contributed by atoms with Crippen molar-refractivity contribution in [3.8, 4) is 0 Å². The molecule has 1 aromatic carbocycles. The summed E-state index contributed by atoms with van der Waals surface area (Å²) >= 11 is 0. The summed E-state index contributed by atoms with van der Waals surface area (Å²) in [6, 6.07) is 10.4. The fraction of sp³-hybridized carbons (Fsp3) is 0.667. The fourth-order valence-electron chi connectivity index (χ4n) is 3.87. The highest BCUT2D eigenvalue weighted by molar-refractivity contribution is 5.31. The topological polar surface area (TPSA) is 29.3 Å². The second-order valence-corrected chi connectivity index (χ2v) is 6.46. The maximum absolute atomic E-state index is 6.15. The summed E-state index contributed by atoms with van der Waals surface area (Å²) in [7, 11) is 0. The summed E-state index contributed by atoms with van der Waals surface area (Å²) in [6.45, 7) is 4.13. The van der Waals surface area contributed by atoms with Crippen LogP contribution in [0.15, 0.2) is 24.3 Å². The fourth-order valence-corrected chi connectivity index (χ4v) is 3.87. The summed E-state index contributed by atoms with van der Waals surface area (Å²) in [5, 5.41) is 0. The predicted octanol–water partition coefficient (Wildman–Crippen LogP) is 3.83. The smallest absolute Gasteiger partial charge is 0.0473 e. The van der Waals surface area contributed by atoms with Crippen LogP contribution in [0, 0.1) is 0 Å². The van der Waals surface area contributed by atoms with E-state index in [0.717, 1.165) is 25.0 Å². The molecular weight excluding hydrogens is 244 g/mol. The average Bonchev–Trinajstić information content (AvgIpc) is 3.21. The van der Waals surface area contributed by atoms with E-state index in [1.807, 2.05) is 0 Å². The minimum atomic E-state index is 0.404. The van der Waals surface area contributed by atoms with Crippen LogP contribution in [0.5, 0.6) is 0 Å². The Kier molecular flexibility index (Phi) is 4.42. The van der Waals surface area contributed by atoms with Gasteiger partial charge in [-0.1, -0.05) is 44.0 Å². The van der Waals surface area contributed by atoms with Gasteiger partial charge in [-0.3, -0.25) is 4.90 Å². The number of nitrogens with two attached hydrogens (primary N) is 1. The van der Waals surface area contributed by atoms with Crippen LogP contribution in [0.2, 0.25) is 0 Å². The molecule has 20 heavy (non-hydrogen) atoms. The number of nitrogens with zero attached hydrogens (tertiary/aromatic N) is 1. The molecule has 1 unspecified atom stereocenters. The van der Waals surface area contributed by atoms with Crippen LogP contribution in [-0.2, 0) is 0 Å². The average molecular weight is 272 g/mol. The Morgan fingerprint density at radius 2 is 1.95 bits per heavy atom. The van der Waals surface area contributed by atoms with Crippen molar-refractivity contribution in [3.63, 3.8) is 0 Å². The first-order valence-corrected chi connectivity index (χ1v) is 8.39. The van der Waals surface area contributed by atoms with Crippen LogP contribution in [0.1, 0.15) is 68.5 Å². The highest BCUT2D eigenvalue weighted by atomic mass is 15.2. The highest BCUT2D eigenvalue weighted by Crippen LogP contribution is 2.41. The van der Waals surface area contributed by atoms with Gasteiger partial charge >= 0.3 is 0 Å². The molecule has 0 heterocycles. The van der Waals surface area contributed by atoms with Crippen molar-refractivity contribution in [2.75, 3.05) is 13.1 Å². The van der Waals surface area contributed by atoms with Gasteiger partial charge in [0.25, 0.3) is 0 Å². The van der Waals surface area contributed by atoms with Crippen LogP contribution in [-0.4, -0.2) is 24.0 Å². The van der Waals surface area contributed by atoms with Crippen molar-refractivity contribution in [2.45, 2.75) is 63.5 Å². The number of rotatable bonds is 6. The lowest BCUT2D eigenvalue weighted by molar-refractivity contribution is 0.147. The van der Waals surface area contributed by atoms with Gasteiger partial charge < -0.3 is 5.73 Å². The number of likely N-dealkylation sites (N-methyl/N-ethyl adjacent to an activating group) is 1. The molecule has 1 aromatic rings. The quantitative estimate of drug-likeness (QED) is 0.853. The molecule has 0 aromatic heterocycles. The van der Waals surface area contributed by atoms with Gasteiger partial charge in [0, 0.05) is 18.6 Å². The molecule has 0 saturated heterocycles. The van der Waals surface area contributed by atoms with Crippen molar-refractivity contribution in [2.24, 2.45) is 5.73 Å². The van der Waals surface area contributed by atoms with Gasteiger partial charge in [0.1, 0.15) is 0 Å². The Labute approximate surface area is 123 Å². The van der Waals surface area contributed by atoms with Gasteiger partial charge in [0.05, 0.1) is 0 Å². The second kappa shape index (κ2) is 6.28. The summed E-state index contributed by atoms with van der Waals surface area (Å²) < 4.78 is 0. The Bertz CT molecular complexity index is 433. The summed E-state index contributed by atoms with van der Waals surface area (Å²) in [6.07, 6.45) is 8.23. The molecule has 2 heteroatoms. The summed E-state index contributed by atoms with van der Waals surface area (Å²) in [5.41, 5.74) is 9.12. The van der Waals surface area contributed by atoms with Crippen molar-refractivity contribution in [1.82, 2.24) is 4.90 Å². The lowest BCUT2D eigenvalue weighted by Crippen LogP contribution is -2.40. The molecule has 2 N–H and O–H groups in total. The summed E-state index contributed by atoms with van der Waals surface area (Å²) in [4.78, 5) is 2.65. The van der Waals surface area contributed by atoms with E-state index in [2.05, 4.69) is 36.1 Å². The molecule has 0 spiro atoms. The predicted molar refractivity (Wildman–Crippen MR) is 84.8 cm³/mol. The van der Waals surface area contributed by atoms with E-state index < -0.39 is 0 Å². The van der Waals surface area contributed by atoms with Crippen molar-refractivity contribution < 1.29 is 0 Å². The first kappa shape index (κ1) is 14.1. The van der Waals surface area contributed by atoms with E-state index in [1.165, 1.54) is 49.7 Å². The van der Waals surface area contributed by atoms with Crippen molar-refractivity contribution >= 4 is 0 Å². The standard InChI is InChI=1S/C18H28N2/c1-2-20(17-8-3-4-9-17)18(13-19)16-7-5-6-15(12-16)14-10-11-14/h5-7,12,14,17-18H,2-4,8-11,13,19H2,1H3. The Morgan fingerprint density at radius 1 is 1.20 bits per heavy atom. The molecule has 0 bridgehead atoms. The molecule has 0 radical (unpaired) electrons. The van der Waals surface area contributed by atoms with Gasteiger partial charge in [-0.2, -0.15) is 0 Å². The molecule has 2 aliphatic carbocycles. The van der Waals surface area contributed by atoms with Gasteiger partial charge in [0.15, 0.2) is 0 Å². The van der Waals surface area contributed by atoms with E-state index >= 15 is 0 Å². The number of benzene rings is 1. The third-order valence-electron chi connectivity index (χ3n) is 5.13. The van der Waals surface area contributed by atoms with Crippen LogP contribution in [0.4, 0.5) is 0 Å². The molecule has 2 nitrogen and oxygen atoms in total. The lowest BCUT2D eigenvalue weighted by atomic mass is 9.99. The van der Waals surface area contributed by atoms with Crippen LogP contribution >= 0.6 is 0 Å². The molecule has 3 rings (SSSR count). The van der Waals surface area contributed by atoms with Crippen LogP contribution < -0.4 is 5.73 Å². The first-order chi connectivity index (χ1) is 9.83. The normalized spacial score (nSPS) is 21.6. The van der Waals surface area contributed by atoms with E-state index in [0.29, 0.717) is 6.04 Å². The highest BCUT2D eigenvalue weighted by Gasteiger charge is 2.29. The maximum atomic E-state index is 6.15. The minimum absolute atomic E-state index is 0.404. The molecule has 0 amide bonds. The third kappa shape index (κ3) is 2.91. The molecule has 110 valence electrons. The zero-order valence-corrected chi connectivity index (χ0v) is 12.7. The lowest BCUT2D eigenvalue weighted by Gasteiger charge is -2.35. The number of hydrogen-bond acceptors (Lipinski definition) is 2. The zero-order valence-electron chi connectivity index (χ0n) is 12.7. The first-order valence-electron chi connectivity index (χ1n) is 8.39. The maximum Gasteiger partial charge on any atom is 0.0473 e. The second-order valence-electron chi connectivity index (χ2n) is 6.46. The van der Waals surface area contributed by atoms with Gasteiger partial charge in [-0.05, 0) is 49.3 Å². The molecule has 2 aliphatic rings. The molecule has 2 fully saturated rings. The van der Waals surface area contributed by atoms with E-state index in [9.17, 15) is 0 Å². The minimum Gasteiger partial charge on any atom is -0.329 e. The summed E-state index contributed by atoms with van der Waals surface area (Å²) in [5.74, 6) is 0.829. The third-order valence-corrected chi connectivity index (χ3v) is 5.13. The van der Waals surface area contributed by atoms with Crippen molar-refractivity contribution in [3.05, 3.63) is 35.4 Å². The van der Waals surface area contributed by atoms with E-state index in [1.54, 1.807) is 0 Å². The van der Waals surface area contributed by atoms with Crippen molar-refractivity contribution in [1.29, 1.82) is 0 Å².